The van der Waals surface area contributed by atoms with Gasteiger partial charge in [0.05, 0.1) is 5.56 Å². The second kappa shape index (κ2) is 6.59. The third-order valence-corrected chi connectivity index (χ3v) is 2.99. The Labute approximate surface area is 125 Å². The Morgan fingerprint density at radius 1 is 1.36 bits per heavy atom. The van der Waals surface area contributed by atoms with Gasteiger partial charge in [-0.1, -0.05) is 13.3 Å². The second-order valence-electron chi connectivity index (χ2n) is 4.77. The van der Waals surface area contributed by atoms with E-state index in [1.165, 1.54) is 0 Å². The Balaban J connectivity index is 2.01. The Morgan fingerprint density at radius 3 is 2.73 bits per heavy atom. The number of carbonyl (C=O) groups excluding carboxylic acids is 1. The summed E-state index contributed by atoms with van der Waals surface area (Å²) in [7, 11) is 0. The number of halogens is 3. The summed E-state index contributed by atoms with van der Waals surface area (Å²) in [6.45, 7) is 2.07. The maximum atomic E-state index is 12.4. The van der Waals surface area contributed by atoms with Crippen molar-refractivity contribution in [1.29, 1.82) is 0 Å². The maximum absolute atomic E-state index is 12.4. The van der Waals surface area contributed by atoms with Gasteiger partial charge >= 0.3 is 6.18 Å². The first-order chi connectivity index (χ1) is 10.4. The van der Waals surface area contributed by atoms with E-state index in [0.717, 1.165) is 43.3 Å². The first-order valence-electron chi connectivity index (χ1n) is 6.79. The highest BCUT2D eigenvalue weighted by atomic mass is 19.4. The number of anilines is 1. The highest BCUT2D eigenvalue weighted by Crippen LogP contribution is 2.27. The van der Waals surface area contributed by atoms with E-state index in [4.69, 9.17) is 0 Å². The van der Waals surface area contributed by atoms with Crippen LogP contribution in [0.25, 0.3) is 0 Å². The molecule has 0 aromatic carbocycles. The molecular formula is C14H15F3N4O. The van der Waals surface area contributed by atoms with Crippen molar-refractivity contribution in [3.8, 4) is 0 Å². The van der Waals surface area contributed by atoms with Crippen molar-refractivity contribution in [3.63, 3.8) is 0 Å². The van der Waals surface area contributed by atoms with Gasteiger partial charge in [-0.15, -0.1) is 0 Å². The van der Waals surface area contributed by atoms with E-state index < -0.39 is 17.8 Å². The fraction of sp³-hybridized carbons (Fsp3) is 0.357. The SMILES string of the molecule is CCCCc1cc(NC(=O)c2ccc(C(F)(F)F)nc2)n[nH]1. The third kappa shape index (κ3) is 4.06. The van der Waals surface area contributed by atoms with Gasteiger partial charge in [-0.2, -0.15) is 18.3 Å². The molecule has 2 aromatic heterocycles. The number of unbranched alkanes of at least 4 members (excludes halogenated alkanes) is 1. The molecule has 0 unspecified atom stereocenters. The minimum absolute atomic E-state index is 0.0334. The summed E-state index contributed by atoms with van der Waals surface area (Å²) in [4.78, 5) is 15.2. The molecular weight excluding hydrogens is 297 g/mol. The standard InChI is InChI=1S/C14H15F3N4O/c1-2-3-4-10-7-12(21-20-10)19-13(22)9-5-6-11(18-8-9)14(15,16)17/h5-8H,2-4H2,1H3,(H2,19,20,21,22). The third-order valence-electron chi connectivity index (χ3n) is 2.99. The van der Waals surface area contributed by atoms with Crippen LogP contribution < -0.4 is 5.32 Å². The second-order valence-corrected chi connectivity index (χ2v) is 4.77. The molecule has 118 valence electrons. The largest absolute Gasteiger partial charge is 0.433 e. The summed E-state index contributed by atoms with van der Waals surface area (Å²) in [6, 6.07) is 3.55. The first kappa shape index (κ1) is 16.0. The zero-order chi connectivity index (χ0) is 16.2. The summed E-state index contributed by atoms with van der Waals surface area (Å²) in [5.74, 6) is -0.231. The fourth-order valence-corrected chi connectivity index (χ4v) is 1.81. The predicted molar refractivity (Wildman–Crippen MR) is 74.4 cm³/mol. The number of rotatable bonds is 5. The zero-order valence-corrected chi connectivity index (χ0v) is 11.9. The molecule has 0 radical (unpaired) electrons. The number of hydrogen-bond donors (Lipinski definition) is 2. The van der Waals surface area contributed by atoms with E-state index in [1.807, 2.05) is 0 Å². The summed E-state index contributed by atoms with van der Waals surface area (Å²) in [6.07, 6.45) is -0.772. The summed E-state index contributed by atoms with van der Waals surface area (Å²) >= 11 is 0. The molecule has 0 aliphatic rings. The molecule has 0 aliphatic carbocycles. The summed E-state index contributed by atoms with van der Waals surface area (Å²) in [5.41, 5.74) is -0.112. The number of aromatic nitrogens is 3. The van der Waals surface area contributed by atoms with Crippen molar-refractivity contribution in [3.05, 3.63) is 41.3 Å². The first-order valence-corrected chi connectivity index (χ1v) is 6.79. The smallest absolute Gasteiger partial charge is 0.305 e. The van der Waals surface area contributed by atoms with Crippen molar-refractivity contribution in [2.75, 3.05) is 5.32 Å². The van der Waals surface area contributed by atoms with Gasteiger partial charge < -0.3 is 5.32 Å². The fourth-order valence-electron chi connectivity index (χ4n) is 1.81. The Morgan fingerprint density at radius 2 is 2.14 bits per heavy atom. The molecule has 2 rings (SSSR count). The van der Waals surface area contributed by atoms with Crippen LogP contribution in [0.4, 0.5) is 19.0 Å². The number of aryl methyl sites for hydroxylation is 1. The maximum Gasteiger partial charge on any atom is 0.433 e. The number of nitrogens with zero attached hydrogens (tertiary/aromatic N) is 2. The Kier molecular flexibility index (Phi) is 4.79. The topological polar surface area (TPSA) is 70.7 Å². The molecule has 22 heavy (non-hydrogen) atoms. The number of hydrogen-bond acceptors (Lipinski definition) is 3. The van der Waals surface area contributed by atoms with Crippen LogP contribution in [0, 0.1) is 0 Å². The molecule has 0 atom stereocenters. The number of alkyl halides is 3. The molecule has 0 bridgehead atoms. The van der Waals surface area contributed by atoms with E-state index in [1.54, 1.807) is 6.07 Å². The van der Waals surface area contributed by atoms with Crippen molar-refractivity contribution in [2.24, 2.45) is 0 Å². The van der Waals surface area contributed by atoms with Crippen LogP contribution in [-0.2, 0) is 12.6 Å². The number of H-pyrrole nitrogens is 1. The van der Waals surface area contributed by atoms with E-state index in [2.05, 4.69) is 27.4 Å². The lowest BCUT2D eigenvalue weighted by Crippen LogP contribution is -2.14. The Bertz CT molecular complexity index is 634. The molecule has 0 spiro atoms. The van der Waals surface area contributed by atoms with Crippen LogP contribution in [0.5, 0.6) is 0 Å². The molecule has 2 aromatic rings. The lowest BCUT2D eigenvalue weighted by Gasteiger charge is -2.06. The minimum atomic E-state index is -4.52. The van der Waals surface area contributed by atoms with Crippen molar-refractivity contribution >= 4 is 11.7 Å². The van der Waals surface area contributed by atoms with Gasteiger partial charge in [0, 0.05) is 18.0 Å². The average Bonchev–Trinajstić information content (AvgIpc) is 2.92. The lowest BCUT2D eigenvalue weighted by molar-refractivity contribution is -0.141. The molecule has 1 amide bonds. The van der Waals surface area contributed by atoms with Crippen LogP contribution in [0.15, 0.2) is 24.4 Å². The zero-order valence-electron chi connectivity index (χ0n) is 11.9. The number of aromatic amines is 1. The van der Waals surface area contributed by atoms with Crippen LogP contribution in [-0.4, -0.2) is 21.1 Å². The van der Waals surface area contributed by atoms with E-state index in [-0.39, 0.29) is 5.56 Å². The van der Waals surface area contributed by atoms with Gasteiger partial charge in [0.2, 0.25) is 0 Å². The summed E-state index contributed by atoms with van der Waals surface area (Å²) < 4.78 is 37.2. The van der Waals surface area contributed by atoms with Gasteiger partial charge in [0.1, 0.15) is 5.69 Å². The number of amides is 1. The summed E-state index contributed by atoms with van der Waals surface area (Å²) in [5, 5.41) is 9.24. The minimum Gasteiger partial charge on any atom is -0.305 e. The number of carbonyl (C=O) groups is 1. The lowest BCUT2D eigenvalue weighted by atomic mass is 10.2. The molecule has 5 nitrogen and oxygen atoms in total. The molecule has 0 fully saturated rings. The van der Waals surface area contributed by atoms with Crippen LogP contribution in [0.2, 0.25) is 0 Å². The van der Waals surface area contributed by atoms with E-state index in [9.17, 15) is 18.0 Å². The van der Waals surface area contributed by atoms with Crippen molar-refractivity contribution in [1.82, 2.24) is 15.2 Å². The monoisotopic (exact) mass is 312 g/mol. The van der Waals surface area contributed by atoms with Gasteiger partial charge in [-0.25, -0.2) is 0 Å². The highest BCUT2D eigenvalue weighted by molar-refractivity contribution is 6.03. The molecule has 0 saturated heterocycles. The molecule has 0 aliphatic heterocycles. The van der Waals surface area contributed by atoms with Gasteiger partial charge in [-0.05, 0) is 25.0 Å². The van der Waals surface area contributed by atoms with Crippen molar-refractivity contribution in [2.45, 2.75) is 32.4 Å². The van der Waals surface area contributed by atoms with Gasteiger partial charge in [0.15, 0.2) is 5.82 Å². The highest BCUT2D eigenvalue weighted by Gasteiger charge is 2.32. The van der Waals surface area contributed by atoms with Crippen LogP contribution in [0.1, 0.15) is 41.5 Å². The molecule has 2 heterocycles. The van der Waals surface area contributed by atoms with Gasteiger partial charge in [-0.3, -0.25) is 14.9 Å². The van der Waals surface area contributed by atoms with Crippen LogP contribution in [0.3, 0.4) is 0 Å². The molecule has 0 saturated carbocycles. The average molecular weight is 312 g/mol. The predicted octanol–water partition coefficient (Wildman–Crippen LogP) is 3.42. The van der Waals surface area contributed by atoms with Crippen LogP contribution >= 0.6 is 0 Å². The quantitative estimate of drug-likeness (QED) is 0.888. The number of nitrogens with one attached hydrogen (secondary N) is 2. The van der Waals surface area contributed by atoms with Gasteiger partial charge in [0.25, 0.3) is 5.91 Å². The molecule has 8 heteroatoms. The normalized spacial score (nSPS) is 11.5. The van der Waals surface area contributed by atoms with Crippen molar-refractivity contribution < 1.29 is 18.0 Å². The Hall–Kier alpha value is -2.38. The van der Waals surface area contributed by atoms with E-state index >= 15 is 0 Å². The van der Waals surface area contributed by atoms with E-state index in [0.29, 0.717) is 5.82 Å². The number of pyridine rings is 1. The molecule has 2 N–H and O–H groups in total.